The van der Waals surface area contributed by atoms with Gasteiger partial charge in [-0.05, 0) is 23.3 Å². The molecule has 0 saturated heterocycles. The highest BCUT2D eigenvalue weighted by molar-refractivity contribution is 6.31. The van der Waals surface area contributed by atoms with Gasteiger partial charge in [0, 0.05) is 18.1 Å². The molecule has 0 saturated carbocycles. The van der Waals surface area contributed by atoms with Crippen LogP contribution in [0, 0.1) is 0 Å². The Morgan fingerprint density at radius 2 is 1.79 bits per heavy atom. The van der Waals surface area contributed by atoms with Crippen LogP contribution >= 0.6 is 11.6 Å². The van der Waals surface area contributed by atoms with E-state index >= 15 is 0 Å². The van der Waals surface area contributed by atoms with Crippen molar-refractivity contribution in [3.8, 4) is 0 Å². The number of halogens is 4. The van der Waals surface area contributed by atoms with Crippen LogP contribution in [0.25, 0.3) is 0 Å². The average Bonchev–Trinajstić information content (AvgIpc) is 2.50. The van der Waals surface area contributed by atoms with E-state index in [9.17, 15) is 13.2 Å². The summed E-state index contributed by atoms with van der Waals surface area (Å²) in [6.07, 6.45) is -4.29. The van der Waals surface area contributed by atoms with Gasteiger partial charge in [-0.3, -0.25) is 0 Å². The fraction of sp³-hybridized carbons (Fsp3) is 0.333. The number of benzene rings is 1. The van der Waals surface area contributed by atoms with Crippen molar-refractivity contribution in [1.29, 1.82) is 0 Å². The highest BCUT2D eigenvalue weighted by Gasteiger charge is 2.35. The third-order valence-electron chi connectivity index (χ3n) is 2.28. The summed E-state index contributed by atoms with van der Waals surface area (Å²) in [4.78, 5) is 0. The van der Waals surface area contributed by atoms with Crippen molar-refractivity contribution in [2.75, 3.05) is 0 Å². The minimum atomic E-state index is -4.29. The molecule has 5 heteroatoms. The molecule has 76 valence electrons. The molecule has 1 N–H and O–H groups in total. The Hall–Kier alpha value is -0.740. The first-order valence-electron chi connectivity index (χ1n) is 4.08. The number of rotatable bonds is 0. The normalized spacial score (nSPS) is 15.7. The van der Waals surface area contributed by atoms with Crippen LogP contribution in [0.3, 0.4) is 0 Å². The van der Waals surface area contributed by atoms with Gasteiger partial charge in [-0.15, -0.1) is 0 Å². The predicted octanol–water partition coefficient (Wildman–Crippen LogP) is 2.96. The van der Waals surface area contributed by atoms with Crippen LogP contribution < -0.4 is 5.32 Å². The smallest absolute Gasteiger partial charge is 0.309 e. The quantitative estimate of drug-likeness (QED) is 0.710. The van der Waals surface area contributed by atoms with Gasteiger partial charge in [-0.2, -0.15) is 13.2 Å². The predicted molar refractivity (Wildman–Crippen MR) is 47.0 cm³/mol. The Balaban J connectivity index is 2.60. The number of alkyl halides is 3. The van der Waals surface area contributed by atoms with Gasteiger partial charge in [0.05, 0.1) is 5.56 Å². The lowest BCUT2D eigenvalue weighted by Gasteiger charge is -2.11. The number of hydrogen-bond acceptors (Lipinski definition) is 1. The van der Waals surface area contributed by atoms with E-state index in [1.54, 1.807) is 0 Å². The number of hydrogen-bond donors (Lipinski definition) is 1. The van der Waals surface area contributed by atoms with E-state index in [1.165, 1.54) is 6.07 Å². The van der Waals surface area contributed by atoms with E-state index in [0.717, 1.165) is 6.07 Å². The lowest BCUT2D eigenvalue weighted by Crippen LogP contribution is -2.10. The molecule has 1 heterocycles. The molecule has 0 fully saturated rings. The van der Waals surface area contributed by atoms with E-state index in [2.05, 4.69) is 5.32 Å². The molecule has 0 unspecified atom stereocenters. The Morgan fingerprint density at radius 3 is 2.43 bits per heavy atom. The van der Waals surface area contributed by atoms with E-state index < -0.39 is 11.7 Å². The molecule has 2 rings (SSSR count). The summed E-state index contributed by atoms with van der Waals surface area (Å²) in [5.41, 5.74) is 0.272. The molecule has 1 aromatic carbocycles. The first-order chi connectivity index (χ1) is 6.50. The van der Waals surface area contributed by atoms with E-state index in [0.29, 0.717) is 17.1 Å². The van der Waals surface area contributed by atoms with Crippen molar-refractivity contribution in [2.45, 2.75) is 19.3 Å². The van der Waals surface area contributed by atoms with Gasteiger partial charge in [0.25, 0.3) is 0 Å². The summed E-state index contributed by atoms with van der Waals surface area (Å²) in [5.74, 6) is 0. The van der Waals surface area contributed by atoms with Gasteiger partial charge in [-0.1, -0.05) is 11.6 Å². The Labute approximate surface area is 83.9 Å². The van der Waals surface area contributed by atoms with Gasteiger partial charge in [-0.25, -0.2) is 0 Å². The van der Waals surface area contributed by atoms with E-state index in [-0.39, 0.29) is 12.1 Å². The second kappa shape index (κ2) is 3.14. The van der Waals surface area contributed by atoms with Gasteiger partial charge in [0.2, 0.25) is 0 Å². The van der Waals surface area contributed by atoms with E-state index in [4.69, 9.17) is 11.6 Å². The molecule has 0 aromatic heterocycles. The number of fused-ring (bicyclic) bond motifs is 1. The van der Waals surface area contributed by atoms with Crippen molar-refractivity contribution in [3.63, 3.8) is 0 Å². The fourth-order valence-corrected chi connectivity index (χ4v) is 1.88. The summed E-state index contributed by atoms with van der Waals surface area (Å²) in [6.45, 7) is 0.656. The van der Waals surface area contributed by atoms with Gasteiger partial charge in [0.15, 0.2) is 0 Å². The van der Waals surface area contributed by atoms with Crippen molar-refractivity contribution in [2.24, 2.45) is 0 Å². The third-order valence-corrected chi connectivity index (χ3v) is 2.64. The lowest BCUT2D eigenvalue weighted by atomic mass is 10.0. The zero-order valence-corrected chi connectivity index (χ0v) is 7.84. The molecule has 1 nitrogen and oxygen atoms in total. The largest absolute Gasteiger partial charge is 0.416 e. The summed E-state index contributed by atoms with van der Waals surface area (Å²) < 4.78 is 37.5. The standard InChI is InChI=1S/C9H7ClF3N/c10-8-2-1-7(9(11,12)13)5-3-14-4-6(5)8/h1-2,14H,3-4H2. The maximum Gasteiger partial charge on any atom is 0.416 e. The fourth-order valence-electron chi connectivity index (χ4n) is 1.64. The molecular formula is C9H7ClF3N. The Bertz CT molecular complexity index is 373. The van der Waals surface area contributed by atoms with Crippen LogP contribution in [-0.2, 0) is 19.3 Å². The molecule has 0 radical (unpaired) electrons. The zero-order valence-electron chi connectivity index (χ0n) is 7.08. The molecule has 1 aliphatic rings. The molecule has 14 heavy (non-hydrogen) atoms. The minimum absolute atomic E-state index is 0.241. The highest BCUT2D eigenvalue weighted by Crippen LogP contribution is 2.37. The minimum Gasteiger partial charge on any atom is -0.309 e. The maximum absolute atomic E-state index is 12.5. The summed E-state index contributed by atoms with van der Waals surface area (Å²) in [7, 11) is 0. The maximum atomic E-state index is 12.5. The second-order valence-electron chi connectivity index (χ2n) is 3.15. The molecule has 1 aliphatic heterocycles. The monoisotopic (exact) mass is 221 g/mol. The van der Waals surface area contributed by atoms with Crippen LogP contribution in [0.4, 0.5) is 13.2 Å². The van der Waals surface area contributed by atoms with Crippen molar-refractivity contribution < 1.29 is 13.2 Å². The van der Waals surface area contributed by atoms with E-state index in [1.807, 2.05) is 0 Å². The third kappa shape index (κ3) is 1.48. The van der Waals surface area contributed by atoms with Gasteiger partial charge < -0.3 is 5.32 Å². The molecule has 0 atom stereocenters. The summed E-state index contributed by atoms with van der Waals surface area (Å²) in [5, 5.41) is 3.26. The zero-order chi connectivity index (χ0) is 10.3. The summed E-state index contributed by atoms with van der Waals surface area (Å²) >= 11 is 5.78. The lowest BCUT2D eigenvalue weighted by molar-refractivity contribution is -0.138. The molecule has 0 spiro atoms. The molecule has 0 bridgehead atoms. The highest BCUT2D eigenvalue weighted by atomic mass is 35.5. The van der Waals surface area contributed by atoms with Crippen LogP contribution in [0.2, 0.25) is 5.02 Å². The van der Waals surface area contributed by atoms with Crippen LogP contribution in [0.5, 0.6) is 0 Å². The Kier molecular flexibility index (Phi) is 2.20. The topological polar surface area (TPSA) is 12.0 Å². The average molecular weight is 222 g/mol. The SMILES string of the molecule is FC(F)(F)c1ccc(Cl)c2c1CNC2. The van der Waals surface area contributed by atoms with Crippen molar-refractivity contribution >= 4 is 11.6 Å². The Morgan fingerprint density at radius 1 is 1.14 bits per heavy atom. The first kappa shape index (κ1) is 9.80. The molecule has 0 amide bonds. The van der Waals surface area contributed by atoms with Gasteiger partial charge in [0.1, 0.15) is 0 Å². The second-order valence-corrected chi connectivity index (χ2v) is 3.56. The van der Waals surface area contributed by atoms with Crippen LogP contribution in [0.1, 0.15) is 16.7 Å². The first-order valence-corrected chi connectivity index (χ1v) is 4.46. The van der Waals surface area contributed by atoms with Crippen LogP contribution in [-0.4, -0.2) is 0 Å². The van der Waals surface area contributed by atoms with Crippen LogP contribution in [0.15, 0.2) is 12.1 Å². The summed E-state index contributed by atoms with van der Waals surface area (Å²) in [6, 6.07) is 2.34. The molecule has 0 aliphatic carbocycles. The van der Waals surface area contributed by atoms with Gasteiger partial charge >= 0.3 is 6.18 Å². The molecule has 1 aromatic rings. The molecular weight excluding hydrogens is 215 g/mol. The van der Waals surface area contributed by atoms with Crippen molar-refractivity contribution in [3.05, 3.63) is 33.8 Å². The number of nitrogens with one attached hydrogen (secondary N) is 1. The van der Waals surface area contributed by atoms with Crippen molar-refractivity contribution in [1.82, 2.24) is 5.32 Å².